The van der Waals surface area contributed by atoms with Crippen LogP contribution in [0.1, 0.15) is 24.1 Å². The van der Waals surface area contributed by atoms with Gasteiger partial charge >= 0.3 is 0 Å². The Labute approximate surface area is 120 Å². The van der Waals surface area contributed by atoms with E-state index in [0.29, 0.717) is 12.1 Å². The second kappa shape index (κ2) is 6.17. The van der Waals surface area contributed by atoms with Gasteiger partial charge in [-0.1, -0.05) is 34.1 Å². The number of aromatic hydroxyl groups is 1. The standard InChI is InChI=1S/C15H15BrFNO/c1-10(14-6-5-13(19)8-15(14)17)18-9-11-3-2-4-12(16)7-11/h2-8,10,18-19H,9H2,1H3. The number of hydrogen-bond acceptors (Lipinski definition) is 2. The van der Waals surface area contributed by atoms with Crippen LogP contribution >= 0.6 is 15.9 Å². The Bertz CT molecular complexity index is 574. The Morgan fingerprint density at radius 1 is 1.26 bits per heavy atom. The first-order valence-corrected chi connectivity index (χ1v) is 6.82. The third-order valence-corrected chi connectivity index (χ3v) is 3.45. The van der Waals surface area contributed by atoms with Crippen molar-refractivity contribution in [2.75, 3.05) is 0 Å². The molecule has 0 saturated heterocycles. The molecule has 1 unspecified atom stereocenters. The summed E-state index contributed by atoms with van der Waals surface area (Å²) in [5.74, 6) is -0.449. The van der Waals surface area contributed by atoms with Crippen molar-refractivity contribution in [1.29, 1.82) is 0 Å². The molecule has 2 nitrogen and oxygen atoms in total. The summed E-state index contributed by atoms with van der Waals surface area (Å²) >= 11 is 3.42. The number of benzene rings is 2. The molecule has 0 aliphatic carbocycles. The van der Waals surface area contributed by atoms with Gasteiger partial charge in [-0.15, -0.1) is 0 Å². The maximum absolute atomic E-state index is 13.7. The fourth-order valence-electron chi connectivity index (χ4n) is 1.90. The smallest absolute Gasteiger partial charge is 0.131 e. The van der Waals surface area contributed by atoms with Crippen molar-refractivity contribution < 1.29 is 9.50 Å². The van der Waals surface area contributed by atoms with E-state index in [0.717, 1.165) is 16.1 Å². The Balaban J connectivity index is 2.03. The molecule has 0 aromatic heterocycles. The average molecular weight is 324 g/mol. The number of rotatable bonds is 4. The maximum atomic E-state index is 13.7. The quantitative estimate of drug-likeness (QED) is 0.886. The van der Waals surface area contributed by atoms with E-state index in [4.69, 9.17) is 0 Å². The SMILES string of the molecule is CC(NCc1cccc(Br)c1)c1ccc(O)cc1F. The van der Waals surface area contributed by atoms with Gasteiger partial charge in [0.2, 0.25) is 0 Å². The zero-order valence-corrected chi connectivity index (χ0v) is 12.1. The molecule has 2 aromatic carbocycles. The second-order valence-corrected chi connectivity index (χ2v) is 5.35. The summed E-state index contributed by atoms with van der Waals surface area (Å²) in [6.07, 6.45) is 0. The van der Waals surface area contributed by atoms with Crippen LogP contribution in [0.3, 0.4) is 0 Å². The lowest BCUT2D eigenvalue weighted by Gasteiger charge is -2.15. The van der Waals surface area contributed by atoms with Gasteiger partial charge in [0.1, 0.15) is 11.6 Å². The molecule has 0 fully saturated rings. The van der Waals surface area contributed by atoms with Gasteiger partial charge in [-0.2, -0.15) is 0 Å². The molecule has 4 heteroatoms. The summed E-state index contributed by atoms with van der Waals surface area (Å²) in [6, 6.07) is 12.1. The summed E-state index contributed by atoms with van der Waals surface area (Å²) in [7, 11) is 0. The summed E-state index contributed by atoms with van der Waals surface area (Å²) in [4.78, 5) is 0. The molecule has 0 bridgehead atoms. The first kappa shape index (κ1) is 14.0. The molecule has 2 aromatic rings. The molecule has 0 amide bonds. The molecule has 0 heterocycles. The van der Waals surface area contributed by atoms with E-state index in [1.165, 1.54) is 6.07 Å². The van der Waals surface area contributed by atoms with Crippen LogP contribution in [0.5, 0.6) is 5.75 Å². The lowest BCUT2D eigenvalue weighted by molar-refractivity contribution is 0.463. The van der Waals surface area contributed by atoms with Gasteiger partial charge in [-0.3, -0.25) is 0 Å². The number of phenols is 1. The molecule has 0 aliphatic heterocycles. The first-order valence-electron chi connectivity index (χ1n) is 6.02. The molecule has 2 N–H and O–H groups in total. The Hall–Kier alpha value is -1.39. The monoisotopic (exact) mass is 323 g/mol. The highest BCUT2D eigenvalue weighted by molar-refractivity contribution is 9.10. The van der Waals surface area contributed by atoms with Gasteiger partial charge in [0.05, 0.1) is 0 Å². The van der Waals surface area contributed by atoms with Crippen molar-refractivity contribution in [3.63, 3.8) is 0 Å². The van der Waals surface area contributed by atoms with E-state index in [1.54, 1.807) is 6.07 Å². The minimum atomic E-state index is -0.394. The van der Waals surface area contributed by atoms with Gasteiger partial charge in [0.15, 0.2) is 0 Å². The van der Waals surface area contributed by atoms with Gasteiger partial charge in [-0.25, -0.2) is 4.39 Å². The summed E-state index contributed by atoms with van der Waals surface area (Å²) in [6.45, 7) is 2.55. The van der Waals surface area contributed by atoms with E-state index in [-0.39, 0.29) is 11.8 Å². The van der Waals surface area contributed by atoms with Crippen molar-refractivity contribution in [2.45, 2.75) is 19.5 Å². The normalized spacial score (nSPS) is 12.4. The molecule has 2 rings (SSSR count). The zero-order chi connectivity index (χ0) is 13.8. The predicted molar refractivity (Wildman–Crippen MR) is 77.5 cm³/mol. The average Bonchev–Trinajstić information content (AvgIpc) is 2.36. The molecular weight excluding hydrogens is 309 g/mol. The van der Waals surface area contributed by atoms with Crippen LogP contribution in [0.2, 0.25) is 0 Å². The Morgan fingerprint density at radius 3 is 2.74 bits per heavy atom. The molecular formula is C15H15BrFNO. The number of phenolic OH excluding ortho intramolecular Hbond substituents is 1. The molecule has 1 atom stereocenters. The van der Waals surface area contributed by atoms with Crippen molar-refractivity contribution in [1.82, 2.24) is 5.32 Å². The van der Waals surface area contributed by atoms with Crippen LogP contribution in [-0.4, -0.2) is 5.11 Å². The maximum Gasteiger partial charge on any atom is 0.131 e. The summed E-state index contributed by atoms with van der Waals surface area (Å²) in [5, 5.41) is 12.5. The second-order valence-electron chi connectivity index (χ2n) is 4.44. The van der Waals surface area contributed by atoms with Crippen LogP contribution in [0.15, 0.2) is 46.9 Å². The van der Waals surface area contributed by atoms with E-state index in [2.05, 4.69) is 21.2 Å². The number of hydrogen-bond donors (Lipinski definition) is 2. The molecule has 0 radical (unpaired) electrons. The van der Waals surface area contributed by atoms with Gasteiger partial charge in [-0.05, 0) is 30.7 Å². The lowest BCUT2D eigenvalue weighted by atomic mass is 10.1. The molecule has 0 spiro atoms. The zero-order valence-electron chi connectivity index (χ0n) is 10.5. The van der Waals surface area contributed by atoms with Crippen molar-refractivity contribution in [3.8, 4) is 5.75 Å². The third-order valence-electron chi connectivity index (χ3n) is 2.95. The van der Waals surface area contributed by atoms with E-state index < -0.39 is 5.82 Å². The largest absolute Gasteiger partial charge is 0.508 e. The molecule has 19 heavy (non-hydrogen) atoms. The van der Waals surface area contributed by atoms with Crippen LogP contribution in [0.4, 0.5) is 4.39 Å². The summed E-state index contributed by atoms with van der Waals surface area (Å²) in [5.41, 5.74) is 1.67. The molecule has 0 saturated carbocycles. The first-order chi connectivity index (χ1) is 9.06. The van der Waals surface area contributed by atoms with Crippen LogP contribution in [-0.2, 0) is 6.54 Å². The van der Waals surface area contributed by atoms with Gasteiger partial charge < -0.3 is 10.4 Å². The Kier molecular flexibility index (Phi) is 4.56. The highest BCUT2D eigenvalue weighted by atomic mass is 79.9. The fraction of sp³-hybridized carbons (Fsp3) is 0.200. The highest BCUT2D eigenvalue weighted by Gasteiger charge is 2.10. The van der Waals surface area contributed by atoms with Crippen LogP contribution in [0, 0.1) is 5.82 Å². The molecule has 0 aliphatic rings. The highest BCUT2D eigenvalue weighted by Crippen LogP contribution is 2.21. The minimum absolute atomic E-state index is 0.0551. The number of halogens is 2. The lowest BCUT2D eigenvalue weighted by Crippen LogP contribution is -2.19. The van der Waals surface area contributed by atoms with E-state index in [1.807, 2.05) is 31.2 Å². The fourth-order valence-corrected chi connectivity index (χ4v) is 2.34. The van der Waals surface area contributed by atoms with Crippen LogP contribution < -0.4 is 5.32 Å². The Morgan fingerprint density at radius 2 is 2.05 bits per heavy atom. The van der Waals surface area contributed by atoms with Crippen molar-refractivity contribution >= 4 is 15.9 Å². The van der Waals surface area contributed by atoms with Gasteiger partial charge in [0, 0.05) is 28.7 Å². The van der Waals surface area contributed by atoms with E-state index in [9.17, 15) is 9.50 Å². The van der Waals surface area contributed by atoms with Crippen molar-refractivity contribution in [3.05, 3.63) is 63.9 Å². The predicted octanol–water partition coefficient (Wildman–Crippen LogP) is 4.14. The number of nitrogens with one attached hydrogen (secondary N) is 1. The minimum Gasteiger partial charge on any atom is -0.508 e. The molecule has 100 valence electrons. The van der Waals surface area contributed by atoms with Crippen molar-refractivity contribution in [2.24, 2.45) is 0 Å². The summed E-state index contributed by atoms with van der Waals surface area (Å²) < 4.78 is 14.7. The van der Waals surface area contributed by atoms with Gasteiger partial charge in [0.25, 0.3) is 0 Å². The topological polar surface area (TPSA) is 32.3 Å². The van der Waals surface area contributed by atoms with Crippen LogP contribution in [0.25, 0.3) is 0 Å². The third kappa shape index (κ3) is 3.78. The van der Waals surface area contributed by atoms with E-state index >= 15 is 0 Å².